The van der Waals surface area contributed by atoms with Crippen molar-refractivity contribution >= 4 is 17.6 Å². The number of nitrogens with zero attached hydrogens (tertiary/aromatic N) is 1. The molecule has 19 heavy (non-hydrogen) atoms. The van der Waals surface area contributed by atoms with Gasteiger partial charge in [0.25, 0.3) is 0 Å². The van der Waals surface area contributed by atoms with E-state index in [0.717, 1.165) is 5.56 Å². The number of rotatable bonds is 5. The Morgan fingerprint density at radius 1 is 1.16 bits per heavy atom. The Bertz CT molecular complexity index is 552. The van der Waals surface area contributed by atoms with Gasteiger partial charge in [-0.1, -0.05) is 23.7 Å². The number of aromatic carboxylic acids is 1. The van der Waals surface area contributed by atoms with E-state index in [-0.39, 0.29) is 5.56 Å². The van der Waals surface area contributed by atoms with E-state index < -0.39 is 5.97 Å². The molecule has 1 heterocycles. The van der Waals surface area contributed by atoms with Gasteiger partial charge in [0, 0.05) is 11.2 Å². The molecule has 0 saturated heterocycles. The third kappa shape index (κ3) is 4.05. The lowest BCUT2D eigenvalue weighted by molar-refractivity contribution is 0.0696. The maximum Gasteiger partial charge on any atom is 0.337 e. The van der Waals surface area contributed by atoms with E-state index in [1.807, 2.05) is 12.1 Å². The number of carboxylic acids is 1. The van der Waals surface area contributed by atoms with Crippen LogP contribution in [0.15, 0.2) is 42.6 Å². The fourth-order valence-corrected chi connectivity index (χ4v) is 1.62. The molecule has 0 saturated carbocycles. The fraction of sp³-hybridized carbons (Fsp3) is 0.143. The van der Waals surface area contributed by atoms with Crippen molar-refractivity contribution in [2.24, 2.45) is 0 Å². The number of benzene rings is 1. The average Bonchev–Trinajstić information content (AvgIpc) is 2.41. The minimum Gasteiger partial charge on any atom is -0.478 e. The standard InChI is InChI=1S/C14H12ClNO3/c15-12-4-1-10(2-5-12)8-19-9-13-6-3-11(7-16-13)14(17)18/h1-7H,8-9H2,(H,17,18). The molecular weight excluding hydrogens is 266 g/mol. The Kier molecular flexibility index (Phi) is 4.49. The second-order valence-corrected chi connectivity index (χ2v) is 4.40. The molecule has 0 bridgehead atoms. The summed E-state index contributed by atoms with van der Waals surface area (Å²) in [6, 6.07) is 10.6. The number of carbonyl (C=O) groups is 1. The lowest BCUT2D eigenvalue weighted by Crippen LogP contribution is -2.00. The number of aromatic nitrogens is 1. The Balaban J connectivity index is 1.85. The van der Waals surface area contributed by atoms with Gasteiger partial charge in [0.2, 0.25) is 0 Å². The molecule has 1 aromatic carbocycles. The molecule has 2 aromatic rings. The highest BCUT2D eigenvalue weighted by molar-refractivity contribution is 6.30. The van der Waals surface area contributed by atoms with Crippen molar-refractivity contribution in [1.82, 2.24) is 4.98 Å². The molecule has 0 fully saturated rings. The van der Waals surface area contributed by atoms with Crippen LogP contribution in [0.3, 0.4) is 0 Å². The Morgan fingerprint density at radius 3 is 2.47 bits per heavy atom. The Hall–Kier alpha value is -1.91. The summed E-state index contributed by atoms with van der Waals surface area (Å²) in [7, 11) is 0. The van der Waals surface area contributed by atoms with Crippen LogP contribution in [0.2, 0.25) is 5.02 Å². The van der Waals surface area contributed by atoms with E-state index in [2.05, 4.69) is 4.98 Å². The molecule has 1 N–H and O–H groups in total. The van der Waals surface area contributed by atoms with Gasteiger partial charge < -0.3 is 9.84 Å². The molecule has 4 nitrogen and oxygen atoms in total. The molecule has 0 unspecified atom stereocenters. The summed E-state index contributed by atoms with van der Waals surface area (Å²) < 4.78 is 5.49. The molecule has 0 radical (unpaired) electrons. The summed E-state index contributed by atoms with van der Waals surface area (Å²) in [5.74, 6) is -0.985. The highest BCUT2D eigenvalue weighted by atomic mass is 35.5. The third-order valence-electron chi connectivity index (χ3n) is 2.50. The predicted octanol–water partition coefficient (Wildman–Crippen LogP) is 3.15. The van der Waals surface area contributed by atoms with E-state index in [4.69, 9.17) is 21.4 Å². The van der Waals surface area contributed by atoms with Crippen molar-refractivity contribution in [3.8, 4) is 0 Å². The van der Waals surface area contributed by atoms with Gasteiger partial charge in [-0.2, -0.15) is 0 Å². The predicted molar refractivity (Wildman–Crippen MR) is 71.1 cm³/mol. The molecule has 0 atom stereocenters. The van der Waals surface area contributed by atoms with Gasteiger partial charge in [0.1, 0.15) is 0 Å². The molecule has 0 aliphatic heterocycles. The van der Waals surface area contributed by atoms with Crippen LogP contribution in [0.25, 0.3) is 0 Å². The second kappa shape index (κ2) is 6.31. The van der Waals surface area contributed by atoms with E-state index in [1.54, 1.807) is 18.2 Å². The van der Waals surface area contributed by atoms with Crippen molar-refractivity contribution in [2.75, 3.05) is 0 Å². The number of carboxylic acid groups (broad SMARTS) is 1. The summed E-state index contributed by atoms with van der Waals surface area (Å²) in [5.41, 5.74) is 1.88. The zero-order valence-electron chi connectivity index (χ0n) is 10.0. The normalized spacial score (nSPS) is 10.4. The van der Waals surface area contributed by atoms with Crippen LogP contribution >= 0.6 is 11.6 Å². The minimum absolute atomic E-state index is 0.168. The van der Waals surface area contributed by atoms with Crippen LogP contribution in [0, 0.1) is 0 Å². The average molecular weight is 278 g/mol. The summed E-state index contributed by atoms with van der Waals surface area (Å²) in [6.07, 6.45) is 1.32. The van der Waals surface area contributed by atoms with Crippen molar-refractivity contribution in [2.45, 2.75) is 13.2 Å². The lowest BCUT2D eigenvalue weighted by atomic mass is 10.2. The fourth-order valence-electron chi connectivity index (χ4n) is 1.49. The number of pyridine rings is 1. The van der Waals surface area contributed by atoms with E-state index in [0.29, 0.717) is 23.9 Å². The van der Waals surface area contributed by atoms with Gasteiger partial charge >= 0.3 is 5.97 Å². The highest BCUT2D eigenvalue weighted by Gasteiger charge is 2.03. The van der Waals surface area contributed by atoms with Gasteiger partial charge in [-0.05, 0) is 29.8 Å². The van der Waals surface area contributed by atoms with Gasteiger partial charge in [-0.15, -0.1) is 0 Å². The molecule has 2 rings (SSSR count). The summed E-state index contributed by atoms with van der Waals surface area (Å²) in [6.45, 7) is 0.794. The number of halogens is 1. The van der Waals surface area contributed by atoms with Crippen LogP contribution in [-0.4, -0.2) is 16.1 Å². The number of hydrogen-bond acceptors (Lipinski definition) is 3. The first kappa shape index (κ1) is 13.5. The first-order chi connectivity index (χ1) is 9.15. The molecule has 0 amide bonds. The minimum atomic E-state index is -0.985. The summed E-state index contributed by atoms with van der Waals surface area (Å²) >= 11 is 5.78. The number of ether oxygens (including phenoxy) is 1. The van der Waals surface area contributed by atoms with Gasteiger partial charge in [-0.3, -0.25) is 4.98 Å². The summed E-state index contributed by atoms with van der Waals surface area (Å²) in [5, 5.41) is 9.43. The van der Waals surface area contributed by atoms with Gasteiger partial charge in [0.15, 0.2) is 0 Å². The van der Waals surface area contributed by atoms with Gasteiger partial charge in [-0.25, -0.2) is 4.79 Å². The quantitative estimate of drug-likeness (QED) is 0.912. The van der Waals surface area contributed by atoms with E-state index in [9.17, 15) is 4.79 Å². The van der Waals surface area contributed by atoms with Crippen LogP contribution in [0.4, 0.5) is 0 Å². The molecule has 0 aliphatic carbocycles. The molecule has 5 heteroatoms. The largest absolute Gasteiger partial charge is 0.478 e. The smallest absolute Gasteiger partial charge is 0.337 e. The molecule has 98 valence electrons. The maximum absolute atomic E-state index is 10.7. The maximum atomic E-state index is 10.7. The van der Waals surface area contributed by atoms with Crippen molar-refractivity contribution < 1.29 is 14.6 Å². The Labute approximate surface area is 115 Å². The van der Waals surface area contributed by atoms with E-state index in [1.165, 1.54) is 12.3 Å². The topological polar surface area (TPSA) is 59.4 Å². The van der Waals surface area contributed by atoms with Crippen LogP contribution in [0.1, 0.15) is 21.6 Å². The molecule has 1 aromatic heterocycles. The molecular formula is C14H12ClNO3. The first-order valence-electron chi connectivity index (χ1n) is 5.65. The number of hydrogen-bond donors (Lipinski definition) is 1. The van der Waals surface area contributed by atoms with Crippen LogP contribution in [0.5, 0.6) is 0 Å². The van der Waals surface area contributed by atoms with E-state index >= 15 is 0 Å². The monoisotopic (exact) mass is 277 g/mol. The molecule has 0 spiro atoms. The van der Waals surface area contributed by atoms with Crippen LogP contribution in [-0.2, 0) is 18.0 Å². The lowest BCUT2D eigenvalue weighted by Gasteiger charge is -2.04. The van der Waals surface area contributed by atoms with Crippen molar-refractivity contribution in [3.05, 3.63) is 64.4 Å². The third-order valence-corrected chi connectivity index (χ3v) is 2.76. The van der Waals surface area contributed by atoms with Crippen molar-refractivity contribution in [1.29, 1.82) is 0 Å². The SMILES string of the molecule is O=C(O)c1ccc(COCc2ccc(Cl)cc2)nc1. The van der Waals surface area contributed by atoms with Crippen LogP contribution < -0.4 is 0 Å². The second-order valence-electron chi connectivity index (χ2n) is 3.96. The highest BCUT2D eigenvalue weighted by Crippen LogP contribution is 2.11. The Morgan fingerprint density at radius 2 is 1.89 bits per heavy atom. The van der Waals surface area contributed by atoms with Gasteiger partial charge in [0.05, 0.1) is 24.5 Å². The summed E-state index contributed by atoms with van der Waals surface area (Å²) in [4.78, 5) is 14.7. The zero-order valence-corrected chi connectivity index (χ0v) is 10.8. The zero-order chi connectivity index (χ0) is 13.7. The first-order valence-corrected chi connectivity index (χ1v) is 6.03. The molecule has 0 aliphatic rings. The van der Waals surface area contributed by atoms with Crippen molar-refractivity contribution in [3.63, 3.8) is 0 Å².